The van der Waals surface area contributed by atoms with Crippen molar-refractivity contribution >= 4 is 5.91 Å². The van der Waals surface area contributed by atoms with Crippen molar-refractivity contribution in [1.29, 1.82) is 0 Å². The van der Waals surface area contributed by atoms with E-state index < -0.39 is 155 Å². The minimum absolute atomic E-state index is 0.667. The predicted octanol–water partition coefficient (Wildman–Crippen LogP) is -9.61. The van der Waals surface area contributed by atoms with E-state index in [-0.39, 0.29) is 0 Å². The van der Waals surface area contributed by atoms with Gasteiger partial charge in [0.15, 0.2) is 25.2 Å². The lowest BCUT2D eigenvalue weighted by atomic mass is 9.95. The topological polar surface area (TPSA) is 357 Å². The molecular formula is C26H45NO21. The van der Waals surface area contributed by atoms with E-state index in [9.17, 15) is 71.2 Å². The van der Waals surface area contributed by atoms with E-state index in [2.05, 4.69) is 5.32 Å². The van der Waals surface area contributed by atoms with Crippen LogP contribution in [0.2, 0.25) is 0 Å². The number of ether oxygens (including phenoxy) is 7. The quantitative estimate of drug-likeness (QED) is 0.0947. The first-order valence-electron chi connectivity index (χ1n) is 15.1. The molecule has 1 amide bonds. The molecule has 14 N–H and O–H groups in total. The molecule has 0 spiro atoms. The van der Waals surface area contributed by atoms with Crippen molar-refractivity contribution < 1.29 is 104 Å². The van der Waals surface area contributed by atoms with Gasteiger partial charge in [0.25, 0.3) is 0 Å². The smallest absolute Gasteiger partial charge is 0.217 e. The molecule has 0 bridgehead atoms. The zero-order chi connectivity index (χ0) is 35.6. The van der Waals surface area contributed by atoms with Gasteiger partial charge in [0, 0.05) is 6.92 Å². The molecule has 4 aliphatic heterocycles. The molecule has 22 heteroatoms. The molecular weight excluding hydrogens is 662 g/mol. The molecule has 4 fully saturated rings. The number of nitrogens with one attached hydrogen (secondary N) is 1. The van der Waals surface area contributed by atoms with Crippen LogP contribution in [0.25, 0.3) is 0 Å². The lowest BCUT2D eigenvalue weighted by molar-refractivity contribution is -0.387. The van der Waals surface area contributed by atoms with Crippen LogP contribution in [0, 0.1) is 0 Å². The standard InChI is InChI=1S/C26H45NO21/c1-6(32)27-11-15(36)20(10(5-31)42-23(11)41)46-25-18(39)22(14(35)8(3-29)44-25)48-26-19(40)21(13(34)9(4-30)45-26)47-24-17(38)16(37)12(33)7(2-28)43-24/h7-26,28-31,33-41H,2-5H2,1H3,(H,27,32)/t7-,8-,9-,10+,11+,12-,13-,14-,15+,16+,17+,18+,19+,20+,21+,22+,23+,24-,25+,26+/m0/s1. The first-order valence-corrected chi connectivity index (χ1v) is 15.1. The third-order valence-electron chi connectivity index (χ3n) is 8.61. The molecule has 22 nitrogen and oxygen atoms in total. The lowest BCUT2D eigenvalue weighted by Crippen LogP contribution is -2.68. The van der Waals surface area contributed by atoms with Crippen LogP contribution in [0.5, 0.6) is 0 Å². The molecule has 4 saturated heterocycles. The number of aliphatic hydroxyl groups is 13. The zero-order valence-corrected chi connectivity index (χ0v) is 25.5. The molecule has 0 unspecified atom stereocenters. The Kier molecular flexibility index (Phi) is 13.8. The molecule has 4 aliphatic rings. The molecule has 280 valence electrons. The van der Waals surface area contributed by atoms with Crippen LogP contribution in [0.15, 0.2) is 0 Å². The van der Waals surface area contributed by atoms with Gasteiger partial charge in [0.05, 0.1) is 26.4 Å². The summed E-state index contributed by atoms with van der Waals surface area (Å²) in [6.07, 6.45) is -33.9. The Morgan fingerprint density at radius 1 is 0.500 bits per heavy atom. The summed E-state index contributed by atoms with van der Waals surface area (Å²) in [4.78, 5) is 11.6. The zero-order valence-electron chi connectivity index (χ0n) is 25.5. The highest BCUT2D eigenvalue weighted by Gasteiger charge is 2.55. The van der Waals surface area contributed by atoms with Gasteiger partial charge in [0.2, 0.25) is 5.91 Å². The van der Waals surface area contributed by atoms with Crippen LogP contribution in [0.4, 0.5) is 0 Å². The summed E-state index contributed by atoms with van der Waals surface area (Å²) < 4.78 is 38.3. The highest BCUT2D eigenvalue weighted by molar-refractivity contribution is 5.73. The number of carbonyl (C=O) groups is 1. The van der Waals surface area contributed by atoms with Gasteiger partial charge >= 0.3 is 0 Å². The van der Waals surface area contributed by atoms with Crippen LogP contribution in [-0.4, -0.2) is 221 Å². The average Bonchev–Trinajstić information content (AvgIpc) is 3.06. The predicted molar refractivity (Wildman–Crippen MR) is 145 cm³/mol. The maximum Gasteiger partial charge on any atom is 0.217 e. The number of hydrogen-bond donors (Lipinski definition) is 14. The van der Waals surface area contributed by atoms with Gasteiger partial charge in [-0.15, -0.1) is 0 Å². The fraction of sp³-hybridized carbons (Fsp3) is 0.962. The second-order valence-electron chi connectivity index (χ2n) is 11.9. The Morgan fingerprint density at radius 2 is 0.896 bits per heavy atom. The molecule has 0 aromatic heterocycles. The number of carbonyl (C=O) groups excluding carboxylic acids is 1. The molecule has 48 heavy (non-hydrogen) atoms. The van der Waals surface area contributed by atoms with Gasteiger partial charge in [-0.25, -0.2) is 0 Å². The Morgan fingerprint density at radius 3 is 1.31 bits per heavy atom. The molecule has 20 atom stereocenters. The van der Waals surface area contributed by atoms with Gasteiger partial charge in [-0.3, -0.25) is 4.79 Å². The number of hydrogen-bond acceptors (Lipinski definition) is 21. The number of aliphatic hydroxyl groups excluding tert-OH is 13. The van der Waals surface area contributed by atoms with E-state index in [0.29, 0.717) is 0 Å². The largest absolute Gasteiger partial charge is 0.394 e. The number of amides is 1. The molecule has 0 radical (unpaired) electrons. The first kappa shape index (κ1) is 39.5. The Bertz CT molecular complexity index is 1030. The maximum absolute atomic E-state index is 11.6. The van der Waals surface area contributed by atoms with E-state index in [0.717, 1.165) is 6.92 Å². The minimum atomic E-state index is -2.06. The fourth-order valence-electron chi connectivity index (χ4n) is 5.94. The van der Waals surface area contributed by atoms with Gasteiger partial charge in [-0.05, 0) is 0 Å². The summed E-state index contributed by atoms with van der Waals surface area (Å²) in [6, 6.07) is -1.46. The van der Waals surface area contributed by atoms with Crippen LogP contribution >= 0.6 is 0 Å². The third-order valence-corrected chi connectivity index (χ3v) is 8.61. The van der Waals surface area contributed by atoms with Gasteiger partial charge in [0.1, 0.15) is 97.6 Å². The van der Waals surface area contributed by atoms with Crippen LogP contribution in [0.3, 0.4) is 0 Å². The van der Waals surface area contributed by atoms with Crippen molar-refractivity contribution in [3.8, 4) is 0 Å². The fourth-order valence-corrected chi connectivity index (χ4v) is 5.94. The normalized spacial score (nSPS) is 50.2. The van der Waals surface area contributed by atoms with Crippen LogP contribution < -0.4 is 5.32 Å². The second kappa shape index (κ2) is 16.8. The van der Waals surface area contributed by atoms with E-state index in [1.807, 2.05) is 0 Å². The van der Waals surface area contributed by atoms with E-state index in [4.69, 9.17) is 33.2 Å². The van der Waals surface area contributed by atoms with Crippen molar-refractivity contribution in [2.45, 2.75) is 130 Å². The summed E-state index contributed by atoms with van der Waals surface area (Å²) >= 11 is 0. The van der Waals surface area contributed by atoms with Crippen molar-refractivity contribution in [2.75, 3.05) is 26.4 Å². The summed E-state index contributed by atoms with van der Waals surface area (Å²) in [6.45, 7) is -2.36. The van der Waals surface area contributed by atoms with Gasteiger partial charge in [-0.2, -0.15) is 0 Å². The highest BCUT2D eigenvalue weighted by atomic mass is 16.8. The van der Waals surface area contributed by atoms with Crippen LogP contribution in [0.1, 0.15) is 6.92 Å². The van der Waals surface area contributed by atoms with E-state index in [1.54, 1.807) is 0 Å². The molecule has 0 aliphatic carbocycles. The van der Waals surface area contributed by atoms with Crippen molar-refractivity contribution in [2.24, 2.45) is 0 Å². The molecule has 4 heterocycles. The van der Waals surface area contributed by atoms with Crippen molar-refractivity contribution in [1.82, 2.24) is 5.32 Å². The maximum atomic E-state index is 11.6. The monoisotopic (exact) mass is 707 g/mol. The second-order valence-corrected chi connectivity index (χ2v) is 11.9. The van der Waals surface area contributed by atoms with Gasteiger partial charge in [-0.1, -0.05) is 0 Å². The number of rotatable bonds is 11. The molecule has 0 aromatic rings. The minimum Gasteiger partial charge on any atom is -0.394 e. The highest BCUT2D eigenvalue weighted by Crippen LogP contribution is 2.34. The van der Waals surface area contributed by atoms with Crippen LogP contribution in [-0.2, 0) is 38.0 Å². The first-order chi connectivity index (χ1) is 22.7. The Balaban J connectivity index is 1.54. The lowest BCUT2D eigenvalue weighted by Gasteiger charge is -2.49. The third kappa shape index (κ3) is 8.08. The molecule has 0 aromatic carbocycles. The summed E-state index contributed by atoms with van der Waals surface area (Å²) in [5.74, 6) is -0.667. The SMILES string of the molecule is CC(=O)N[C@@H]1[C@@H](O)[C@H](O[C@H]2O[C@@H](CO)[C@H](O)[C@@H](O[C@H]3O[C@@H](CO)[C@H](O)[C@@H](O[C@@H]4O[C@@H](CO)[C@H](O)[C@@H](O)[C@H]4O)[C@H]3O)[C@H]2O)[C@@H](CO)O[C@H]1O. The summed E-state index contributed by atoms with van der Waals surface area (Å²) in [7, 11) is 0. The summed E-state index contributed by atoms with van der Waals surface area (Å²) in [5, 5.41) is 137. The Hall–Kier alpha value is -1.33. The van der Waals surface area contributed by atoms with E-state index in [1.165, 1.54) is 0 Å². The molecule has 0 saturated carbocycles. The average molecular weight is 708 g/mol. The van der Waals surface area contributed by atoms with E-state index >= 15 is 0 Å². The molecule has 4 rings (SSSR count). The van der Waals surface area contributed by atoms with Gasteiger partial charge < -0.3 is 105 Å². The van der Waals surface area contributed by atoms with Crippen molar-refractivity contribution in [3.63, 3.8) is 0 Å². The Labute approximate surface area is 272 Å². The van der Waals surface area contributed by atoms with Crippen molar-refractivity contribution in [3.05, 3.63) is 0 Å². The summed E-state index contributed by atoms with van der Waals surface area (Å²) in [5.41, 5.74) is 0.